The molecule has 1 aliphatic heterocycles. The van der Waals surface area contributed by atoms with Crippen LogP contribution in [0.1, 0.15) is 31.9 Å². The van der Waals surface area contributed by atoms with Gasteiger partial charge < -0.3 is 15.2 Å². The quantitative estimate of drug-likeness (QED) is 0.885. The molecule has 19 heavy (non-hydrogen) atoms. The SMILES string of the molecule is Cc1noc2ncnc(N3C(C)CCCC3CN)c12. The van der Waals surface area contributed by atoms with Crippen molar-refractivity contribution in [3.05, 3.63) is 12.0 Å². The first-order valence-corrected chi connectivity index (χ1v) is 6.77. The molecule has 0 spiro atoms. The fraction of sp³-hybridized carbons (Fsp3) is 0.615. The number of hydrogen-bond donors (Lipinski definition) is 1. The van der Waals surface area contributed by atoms with Crippen LogP contribution in [0.5, 0.6) is 0 Å². The fourth-order valence-corrected chi connectivity index (χ4v) is 3.00. The van der Waals surface area contributed by atoms with Gasteiger partial charge in [0.1, 0.15) is 17.5 Å². The molecule has 0 amide bonds. The lowest BCUT2D eigenvalue weighted by Gasteiger charge is -2.41. The third kappa shape index (κ3) is 1.96. The van der Waals surface area contributed by atoms with Gasteiger partial charge in [0.05, 0.1) is 5.69 Å². The molecule has 0 aliphatic carbocycles. The maximum absolute atomic E-state index is 5.93. The van der Waals surface area contributed by atoms with Gasteiger partial charge in [-0.05, 0) is 33.1 Å². The van der Waals surface area contributed by atoms with E-state index in [-0.39, 0.29) is 0 Å². The fourth-order valence-electron chi connectivity index (χ4n) is 3.00. The summed E-state index contributed by atoms with van der Waals surface area (Å²) in [5.41, 5.74) is 7.31. The Morgan fingerprint density at radius 3 is 3.05 bits per heavy atom. The molecule has 2 atom stereocenters. The number of aryl methyl sites for hydroxylation is 1. The molecule has 3 heterocycles. The van der Waals surface area contributed by atoms with Gasteiger partial charge in [0.15, 0.2) is 0 Å². The minimum Gasteiger partial charge on any atom is -0.349 e. The highest BCUT2D eigenvalue weighted by atomic mass is 16.5. The van der Waals surface area contributed by atoms with Crippen LogP contribution in [0.4, 0.5) is 5.82 Å². The molecule has 1 fully saturated rings. The van der Waals surface area contributed by atoms with Crippen LogP contribution >= 0.6 is 0 Å². The summed E-state index contributed by atoms with van der Waals surface area (Å²) in [7, 11) is 0. The lowest BCUT2D eigenvalue weighted by molar-refractivity contribution is 0.398. The number of fused-ring (bicyclic) bond motifs is 1. The predicted molar refractivity (Wildman–Crippen MR) is 73.0 cm³/mol. The lowest BCUT2D eigenvalue weighted by atomic mass is 9.96. The van der Waals surface area contributed by atoms with Crippen LogP contribution in [-0.2, 0) is 0 Å². The monoisotopic (exact) mass is 261 g/mol. The van der Waals surface area contributed by atoms with Crippen LogP contribution in [0, 0.1) is 6.92 Å². The van der Waals surface area contributed by atoms with E-state index in [2.05, 4.69) is 26.9 Å². The molecule has 2 aromatic rings. The number of aromatic nitrogens is 3. The highest BCUT2D eigenvalue weighted by Crippen LogP contribution is 2.33. The molecule has 3 rings (SSSR count). The maximum atomic E-state index is 5.93. The van der Waals surface area contributed by atoms with Crippen molar-refractivity contribution < 1.29 is 4.52 Å². The minimum atomic E-state index is 0.330. The van der Waals surface area contributed by atoms with Gasteiger partial charge in [-0.15, -0.1) is 0 Å². The molecule has 0 saturated carbocycles. The van der Waals surface area contributed by atoms with Crippen LogP contribution in [-0.4, -0.2) is 33.8 Å². The van der Waals surface area contributed by atoms with Crippen molar-refractivity contribution >= 4 is 16.9 Å². The van der Waals surface area contributed by atoms with Crippen LogP contribution in [0.15, 0.2) is 10.9 Å². The number of piperidine rings is 1. The van der Waals surface area contributed by atoms with Gasteiger partial charge in [-0.2, -0.15) is 4.98 Å². The van der Waals surface area contributed by atoms with Crippen molar-refractivity contribution in [2.24, 2.45) is 5.73 Å². The van der Waals surface area contributed by atoms with Gasteiger partial charge in [-0.1, -0.05) is 5.16 Å². The van der Waals surface area contributed by atoms with Crippen molar-refractivity contribution in [3.63, 3.8) is 0 Å². The molecule has 2 N–H and O–H groups in total. The zero-order chi connectivity index (χ0) is 13.4. The van der Waals surface area contributed by atoms with Crippen molar-refractivity contribution in [2.75, 3.05) is 11.4 Å². The Morgan fingerprint density at radius 2 is 2.26 bits per heavy atom. The highest BCUT2D eigenvalue weighted by Gasteiger charge is 2.30. The Balaban J connectivity index is 2.13. The standard InChI is InChI=1S/C13H19N5O/c1-8-4-3-5-10(6-14)18(8)12-11-9(2)17-19-13(11)16-7-15-12/h7-8,10H,3-6,14H2,1-2H3. The summed E-state index contributed by atoms with van der Waals surface area (Å²) >= 11 is 0. The first kappa shape index (κ1) is 12.3. The van der Waals surface area contributed by atoms with Crippen LogP contribution in [0.25, 0.3) is 11.1 Å². The van der Waals surface area contributed by atoms with Gasteiger partial charge >= 0.3 is 0 Å². The number of rotatable bonds is 2. The summed E-state index contributed by atoms with van der Waals surface area (Å²) < 4.78 is 5.23. The van der Waals surface area contributed by atoms with E-state index >= 15 is 0 Å². The van der Waals surface area contributed by atoms with Gasteiger partial charge in [-0.3, -0.25) is 0 Å². The smallest absolute Gasteiger partial charge is 0.263 e. The molecular weight excluding hydrogens is 242 g/mol. The van der Waals surface area contributed by atoms with Crippen molar-refractivity contribution in [2.45, 2.75) is 45.2 Å². The van der Waals surface area contributed by atoms with E-state index in [1.807, 2.05) is 6.92 Å². The van der Waals surface area contributed by atoms with Gasteiger partial charge in [0.2, 0.25) is 0 Å². The van der Waals surface area contributed by atoms with E-state index in [9.17, 15) is 0 Å². The topological polar surface area (TPSA) is 81.1 Å². The Bertz CT molecular complexity index is 581. The Hall–Kier alpha value is -1.69. The summed E-state index contributed by atoms with van der Waals surface area (Å²) in [6.07, 6.45) is 5.02. The normalized spacial score (nSPS) is 24.1. The highest BCUT2D eigenvalue weighted by molar-refractivity contribution is 5.88. The summed E-state index contributed by atoms with van der Waals surface area (Å²) in [4.78, 5) is 10.9. The van der Waals surface area contributed by atoms with E-state index in [0.717, 1.165) is 29.7 Å². The van der Waals surface area contributed by atoms with Crippen LogP contribution < -0.4 is 10.6 Å². The van der Waals surface area contributed by atoms with Crippen LogP contribution in [0.3, 0.4) is 0 Å². The predicted octanol–water partition coefficient (Wildman–Crippen LogP) is 1.63. The molecule has 6 heteroatoms. The largest absolute Gasteiger partial charge is 0.349 e. The van der Waals surface area contributed by atoms with E-state index in [1.165, 1.54) is 12.7 Å². The average Bonchev–Trinajstić information content (AvgIpc) is 2.80. The lowest BCUT2D eigenvalue weighted by Crippen LogP contribution is -2.49. The van der Waals surface area contributed by atoms with Crippen molar-refractivity contribution in [3.8, 4) is 0 Å². The molecule has 0 bridgehead atoms. The molecule has 2 unspecified atom stereocenters. The molecule has 102 valence electrons. The van der Waals surface area contributed by atoms with Gasteiger partial charge in [0, 0.05) is 18.6 Å². The van der Waals surface area contributed by atoms with E-state index in [4.69, 9.17) is 10.3 Å². The summed E-state index contributed by atoms with van der Waals surface area (Å²) in [6, 6.07) is 0.755. The molecule has 1 saturated heterocycles. The number of nitrogens with two attached hydrogens (primary N) is 1. The van der Waals surface area contributed by atoms with Gasteiger partial charge in [-0.25, -0.2) is 4.98 Å². The van der Waals surface area contributed by atoms with E-state index in [1.54, 1.807) is 0 Å². The molecule has 2 aromatic heterocycles. The third-order valence-corrected chi connectivity index (χ3v) is 3.97. The Morgan fingerprint density at radius 1 is 1.42 bits per heavy atom. The average molecular weight is 261 g/mol. The zero-order valence-corrected chi connectivity index (χ0v) is 11.3. The molecule has 0 aromatic carbocycles. The first-order valence-electron chi connectivity index (χ1n) is 6.77. The molecule has 1 aliphatic rings. The molecule has 0 radical (unpaired) electrons. The van der Waals surface area contributed by atoms with Crippen molar-refractivity contribution in [1.82, 2.24) is 15.1 Å². The Labute approximate surface area is 112 Å². The second-order valence-corrected chi connectivity index (χ2v) is 5.22. The number of anilines is 1. The summed E-state index contributed by atoms with van der Waals surface area (Å²) in [5.74, 6) is 0.909. The number of hydrogen-bond acceptors (Lipinski definition) is 6. The molecule has 6 nitrogen and oxygen atoms in total. The second kappa shape index (κ2) is 4.77. The van der Waals surface area contributed by atoms with Gasteiger partial charge in [0.25, 0.3) is 5.71 Å². The van der Waals surface area contributed by atoms with E-state index < -0.39 is 0 Å². The maximum Gasteiger partial charge on any atom is 0.263 e. The zero-order valence-electron chi connectivity index (χ0n) is 11.3. The minimum absolute atomic E-state index is 0.330. The van der Waals surface area contributed by atoms with Crippen molar-refractivity contribution in [1.29, 1.82) is 0 Å². The number of nitrogens with zero attached hydrogens (tertiary/aromatic N) is 4. The first-order chi connectivity index (χ1) is 9.22. The second-order valence-electron chi connectivity index (χ2n) is 5.22. The summed E-state index contributed by atoms with van der Waals surface area (Å²) in [5, 5.41) is 4.90. The Kier molecular flexibility index (Phi) is 3.10. The summed E-state index contributed by atoms with van der Waals surface area (Å²) in [6.45, 7) is 4.78. The van der Waals surface area contributed by atoms with Crippen LogP contribution in [0.2, 0.25) is 0 Å². The van der Waals surface area contributed by atoms with E-state index in [0.29, 0.717) is 24.3 Å². The third-order valence-electron chi connectivity index (χ3n) is 3.97. The molecular formula is C13H19N5O.